The average Bonchev–Trinajstić information content (AvgIpc) is 3.55. The zero-order valence-electron chi connectivity index (χ0n) is 19.2. The molecule has 1 aliphatic heterocycles. The number of carbonyl (C=O) groups is 1. The van der Waals surface area contributed by atoms with E-state index in [4.69, 9.17) is 21.1 Å². The van der Waals surface area contributed by atoms with Crippen molar-refractivity contribution in [2.45, 2.75) is 31.5 Å². The Bertz CT molecular complexity index is 1470. The molecule has 7 nitrogen and oxygen atoms in total. The summed E-state index contributed by atoms with van der Waals surface area (Å²) in [5.41, 5.74) is -0.338. The number of rotatable bonds is 5. The molecule has 4 aromatic rings. The lowest BCUT2D eigenvalue weighted by atomic mass is 9.97. The maximum atomic E-state index is 13.0. The maximum Gasteiger partial charge on any atom is 0.421 e. The van der Waals surface area contributed by atoms with Crippen LogP contribution in [0.2, 0.25) is 5.02 Å². The molecule has 4 heterocycles. The first-order valence-corrected chi connectivity index (χ1v) is 12.7. The van der Waals surface area contributed by atoms with Crippen LogP contribution < -0.4 is 5.56 Å². The number of pyridine rings is 1. The quantitative estimate of drug-likeness (QED) is 0.319. The minimum atomic E-state index is -4.77. The fraction of sp³-hybridized carbons (Fsp3) is 0.280. The highest BCUT2D eigenvalue weighted by molar-refractivity contribution is 7.10. The molecule has 0 saturated carbocycles. The zero-order valence-corrected chi connectivity index (χ0v) is 20.8. The molecule has 0 atom stereocenters. The number of piperidine rings is 1. The SMILES string of the molecule is O=C(Cn1cccc(C(F)(F)F)c1=O)N1CCC(c2nc(-c3cc(-c4ccc(Cl)cc4)on3)cs2)CC1. The van der Waals surface area contributed by atoms with Crippen LogP contribution in [0.1, 0.15) is 29.3 Å². The molecular formula is C25H20ClF3N4O3S. The number of amides is 1. The lowest BCUT2D eigenvalue weighted by Gasteiger charge is -2.31. The first-order valence-electron chi connectivity index (χ1n) is 11.4. The number of halogens is 4. The Morgan fingerprint density at radius 3 is 2.57 bits per heavy atom. The highest BCUT2D eigenvalue weighted by Gasteiger charge is 2.34. The van der Waals surface area contributed by atoms with Crippen molar-refractivity contribution in [3.8, 4) is 22.7 Å². The Kier molecular flexibility index (Phi) is 6.91. The summed E-state index contributed by atoms with van der Waals surface area (Å²) in [4.78, 5) is 31.1. The molecule has 0 aliphatic carbocycles. The van der Waals surface area contributed by atoms with E-state index in [1.54, 1.807) is 17.0 Å². The van der Waals surface area contributed by atoms with Crippen LogP contribution in [0.4, 0.5) is 13.2 Å². The second kappa shape index (κ2) is 10.1. The number of thiazole rings is 1. The third-order valence-electron chi connectivity index (χ3n) is 6.25. The van der Waals surface area contributed by atoms with E-state index in [2.05, 4.69) is 5.16 Å². The Morgan fingerprint density at radius 1 is 1.14 bits per heavy atom. The standard InChI is InChI=1S/C25H20ClF3N4O3S/c26-17-5-3-15(4-6-17)21-12-19(31-36-21)20-14-37-23(30-20)16-7-10-32(11-8-16)22(34)13-33-9-1-2-18(24(33)35)25(27,28)29/h1-6,9,12,14,16H,7-8,10-11,13H2. The third kappa shape index (κ3) is 5.47. The third-order valence-corrected chi connectivity index (χ3v) is 7.51. The first-order chi connectivity index (χ1) is 17.7. The number of carbonyl (C=O) groups excluding carboxylic acids is 1. The van der Waals surface area contributed by atoms with Crippen LogP contribution in [-0.2, 0) is 17.5 Å². The van der Waals surface area contributed by atoms with E-state index in [0.717, 1.165) is 21.2 Å². The van der Waals surface area contributed by atoms with E-state index in [1.165, 1.54) is 17.5 Å². The second-order valence-electron chi connectivity index (χ2n) is 8.66. The van der Waals surface area contributed by atoms with Gasteiger partial charge < -0.3 is 14.0 Å². The van der Waals surface area contributed by atoms with Gasteiger partial charge in [-0.25, -0.2) is 4.98 Å². The summed E-state index contributed by atoms with van der Waals surface area (Å²) in [7, 11) is 0. The molecule has 1 aliphatic rings. The van der Waals surface area contributed by atoms with E-state index >= 15 is 0 Å². The normalized spacial score (nSPS) is 14.8. The molecule has 1 amide bonds. The number of hydrogen-bond donors (Lipinski definition) is 0. The van der Waals surface area contributed by atoms with Gasteiger partial charge in [0, 0.05) is 47.2 Å². The van der Waals surface area contributed by atoms with Crippen molar-refractivity contribution < 1.29 is 22.5 Å². The molecule has 1 fully saturated rings. The van der Waals surface area contributed by atoms with Crippen molar-refractivity contribution >= 4 is 28.8 Å². The summed E-state index contributed by atoms with van der Waals surface area (Å²) in [5.74, 6) is 0.353. The van der Waals surface area contributed by atoms with Crippen LogP contribution >= 0.6 is 22.9 Å². The molecule has 192 valence electrons. The second-order valence-corrected chi connectivity index (χ2v) is 9.99. The van der Waals surface area contributed by atoms with Gasteiger partial charge in [-0.1, -0.05) is 16.8 Å². The molecule has 1 aromatic carbocycles. The minimum absolute atomic E-state index is 0.140. The molecule has 0 unspecified atom stereocenters. The smallest absolute Gasteiger partial charge is 0.356 e. The molecule has 1 saturated heterocycles. The molecule has 0 radical (unpaired) electrons. The Hall–Kier alpha value is -3.44. The van der Waals surface area contributed by atoms with Gasteiger partial charge in [-0.3, -0.25) is 9.59 Å². The average molecular weight is 549 g/mol. The number of alkyl halides is 3. The van der Waals surface area contributed by atoms with Crippen molar-refractivity contribution in [1.82, 2.24) is 19.6 Å². The van der Waals surface area contributed by atoms with Crippen LogP contribution in [0.5, 0.6) is 0 Å². The molecule has 5 rings (SSSR count). The number of hydrogen-bond acceptors (Lipinski definition) is 6. The lowest BCUT2D eigenvalue weighted by Crippen LogP contribution is -2.41. The van der Waals surface area contributed by atoms with Crippen molar-refractivity contribution in [2.75, 3.05) is 13.1 Å². The molecular weight excluding hydrogens is 529 g/mol. The summed E-state index contributed by atoms with van der Waals surface area (Å²) in [6.07, 6.45) is -2.25. The van der Waals surface area contributed by atoms with Gasteiger partial charge >= 0.3 is 6.18 Å². The topological polar surface area (TPSA) is 81.2 Å². The maximum absolute atomic E-state index is 13.0. The summed E-state index contributed by atoms with van der Waals surface area (Å²) >= 11 is 7.45. The molecule has 37 heavy (non-hydrogen) atoms. The van der Waals surface area contributed by atoms with Gasteiger partial charge in [0.2, 0.25) is 5.91 Å². The summed E-state index contributed by atoms with van der Waals surface area (Å²) in [6, 6.07) is 10.9. The predicted octanol–water partition coefficient (Wildman–Crippen LogP) is 5.71. The van der Waals surface area contributed by atoms with Crippen LogP contribution in [-0.4, -0.2) is 38.6 Å². The molecule has 0 N–H and O–H groups in total. The van der Waals surface area contributed by atoms with Crippen LogP contribution in [0.25, 0.3) is 22.7 Å². The van der Waals surface area contributed by atoms with Gasteiger partial charge in [0.1, 0.15) is 23.5 Å². The Balaban J connectivity index is 1.20. The Morgan fingerprint density at radius 2 is 1.86 bits per heavy atom. The van der Waals surface area contributed by atoms with Crippen molar-refractivity contribution in [1.29, 1.82) is 0 Å². The van der Waals surface area contributed by atoms with Crippen molar-refractivity contribution in [3.63, 3.8) is 0 Å². The van der Waals surface area contributed by atoms with Gasteiger partial charge in [-0.05, 0) is 49.2 Å². The summed E-state index contributed by atoms with van der Waals surface area (Å²) in [5, 5.41) is 7.60. The highest BCUT2D eigenvalue weighted by Crippen LogP contribution is 2.34. The first kappa shape index (κ1) is 25.2. The lowest BCUT2D eigenvalue weighted by molar-refractivity contribution is -0.139. The van der Waals surface area contributed by atoms with Crippen molar-refractivity contribution in [3.05, 3.63) is 80.0 Å². The van der Waals surface area contributed by atoms with Gasteiger partial charge in [0.05, 0.1) is 5.01 Å². The predicted molar refractivity (Wildman–Crippen MR) is 132 cm³/mol. The summed E-state index contributed by atoms with van der Waals surface area (Å²) < 4.78 is 45.3. The minimum Gasteiger partial charge on any atom is -0.356 e. The van der Waals surface area contributed by atoms with Gasteiger partial charge in [0.15, 0.2) is 5.76 Å². The van der Waals surface area contributed by atoms with Crippen molar-refractivity contribution in [2.24, 2.45) is 0 Å². The van der Waals surface area contributed by atoms with Crippen LogP contribution in [0.15, 0.2) is 63.4 Å². The monoisotopic (exact) mass is 548 g/mol. The van der Waals surface area contributed by atoms with E-state index in [-0.39, 0.29) is 5.92 Å². The van der Waals surface area contributed by atoms with Gasteiger partial charge in [-0.2, -0.15) is 13.2 Å². The summed E-state index contributed by atoms with van der Waals surface area (Å²) in [6.45, 7) is 0.421. The number of aromatic nitrogens is 3. The largest absolute Gasteiger partial charge is 0.421 e. The number of benzene rings is 1. The molecule has 3 aromatic heterocycles. The van der Waals surface area contributed by atoms with E-state index in [0.29, 0.717) is 54.2 Å². The van der Waals surface area contributed by atoms with E-state index in [1.807, 2.05) is 23.6 Å². The number of nitrogens with zero attached hydrogens (tertiary/aromatic N) is 4. The Labute approximate surface area is 218 Å². The van der Waals surface area contributed by atoms with E-state index < -0.39 is 29.8 Å². The number of likely N-dealkylation sites (tertiary alicyclic amines) is 1. The highest BCUT2D eigenvalue weighted by atomic mass is 35.5. The van der Waals surface area contributed by atoms with E-state index in [9.17, 15) is 22.8 Å². The van der Waals surface area contributed by atoms with Gasteiger partial charge in [0.25, 0.3) is 5.56 Å². The fourth-order valence-corrected chi connectivity index (χ4v) is 5.35. The fourth-order valence-electron chi connectivity index (χ4n) is 4.24. The zero-order chi connectivity index (χ0) is 26.2. The van der Waals surface area contributed by atoms with Gasteiger partial charge in [-0.15, -0.1) is 11.3 Å². The molecule has 0 spiro atoms. The van der Waals surface area contributed by atoms with Crippen LogP contribution in [0, 0.1) is 0 Å². The molecule has 0 bridgehead atoms. The van der Waals surface area contributed by atoms with Crippen LogP contribution in [0.3, 0.4) is 0 Å². The molecule has 12 heteroatoms.